The Balaban J connectivity index is 1.83. The van der Waals surface area contributed by atoms with E-state index in [2.05, 4.69) is 4.99 Å². The fourth-order valence-electron chi connectivity index (χ4n) is 6.42. The lowest BCUT2D eigenvalue weighted by Gasteiger charge is -2.30. The van der Waals surface area contributed by atoms with Gasteiger partial charge in [-0.15, -0.1) is 0 Å². The number of nitrogens with zero attached hydrogens (tertiary/aromatic N) is 2. The lowest BCUT2D eigenvalue weighted by Crippen LogP contribution is -2.31. The molecule has 0 aromatic heterocycles. The topological polar surface area (TPSA) is 242 Å². The van der Waals surface area contributed by atoms with E-state index in [0.29, 0.717) is 40.5 Å². The van der Waals surface area contributed by atoms with Crippen LogP contribution in [0.3, 0.4) is 0 Å². The van der Waals surface area contributed by atoms with Crippen molar-refractivity contribution in [2.24, 2.45) is 4.99 Å². The van der Waals surface area contributed by atoms with Gasteiger partial charge in [0, 0.05) is 35.9 Å². The average Bonchev–Trinajstić information content (AvgIpc) is 3.36. The van der Waals surface area contributed by atoms with Crippen molar-refractivity contribution in [2.75, 3.05) is 36.7 Å². The largest absolute Gasteiger partial charge is 0.383 e. The minimum Gasteiger partial charge on any atom is -0.383 e. The smallest absolute Gasteiger partial charge is 0.294 e. The summed E-state index contributed by atoms with van der Waals surface area (Å²) in [6.45, 7) is 4.03. The number of rotatable bonds is 15. The number of anilines is 1. The van der Waals surface area contributed by atoms with Gasteiger partial charge in [0.2, 0.25) is 0 Å². The number of ether oxygens (including phenoxy) is 1. The Morgan fingerprint density at radius 1 is 0.776 bits per heavy atom. The predicted octanol–water partition coefficient (Wildman–Crippen LogP) is 3.72. The lowest BCUT2D eigenvalue weighted by atomic mass is 9.75. The van der Waals surface area contributed by atoms with E-state index in [0.717, 1.165) is 0 Å². The molecule has 2 aromatic rings. The van der Waals surface area contributed by atoms with Gasteiger partial charge in [-0.1, -0.05) is 6.08 Å². The third-order valence-corrected chi connectivity index (χ3v) is 12.2. The predicted molar refractivity (Wildman–Crippen MR) is 182 cm³/mol. The summed E-state index contributed by atoms with van der Waals surface area (Å²) in [4.78, 5) is 5.78. The normalized spacial score (nSPS) is 22.1. The van der Waals surface area contributed by atoms with Crippen LogP contribution in [-0.2, 0) is 56.0 Å². The Hall–Kier alpha value is -3.01. The zero-order chi connectivity index (χ0) is 36.6. The van der Waals surface area contributed by atoms with Crippen LogP contribution in [0.25, 0.3) is 0 Å². The zero-order valence-corrected chi connectivity index (χ0v) is 30.1. The van der Waals surface area contributed by atoms with Crippen LogP contribution in [0.2, 0.25) is 0 Å². The molecule has 4 N–H and O–H groups in total. The number of methoxy groups -OCH3 is 1. The van der Waals surface area contributed by atoms with Crippen LogP contribution in [-0.4, -0.2) is 89.4 Å². The minimum atomic E-state index is -4.60. The first kappa shape index (κ1) is 38.8. The summed E-state index contributed by atoms with van der Waals surface area (Å²) in [5.74, 6) is -1.11. The maximum absolute atomic E-state index is 12.1. The van der Waals surface area contributed by atoms with Gasteiger partial charge in [-0.05, 0) is 99.2 Å². The van der Waals surface area contributed by atoms with Gasteiger partial charge in [-0.3, -0.25) is 23.2 Å². The van der Waals surface area contributed by atoms with Crippen molar-refractivity contribution in [3.63, 3.8) is 0 Å². The average molecular weight is 763 g/mol. The van der Waals surface area contributed by atoms with E-state index >= 15 is 0 Å². The van der Waals surface area contributed by atoms with Crippen molar-refractivity contribution in [3.05, 3.63) is 71.5 Å². The molecule has 2 atom stereocenters. The van der Waals surface area contributed by atoms with E-state index in [1.165, 1.54) is 43.5 Å². The van der Waals surface area contributed by atoms with Crippen molar-refractivity contribution < 1.29 is 56.6 Å². The molecule has 2 aliphatic rings. The highest BCUT2D eigenvalue weighted by molar-refractivity contribution is 7.86. The lowest BCUT2D eigenvalue weighted by molar-refractivity contribution is 0.206. The Bertz CT molecular complexity index is 2160. The maximum atomic E-state index is 12.1. The summed E-state index contributed by atoms with van der Waals surface area (Å²) in [5.41, 5.74) is 0.753. The van der Waals surface area contributed by atoms with Crippen LogP contribution in [0.4, 0.5) is 11.4 Å². The summed E-state index contributed by atoms with van der Waals surface area (Å²) in [5, 5.41) is 0. The third kappa shape index (κ3) is 8.84. The monoisotopic (exact) mass is 762 g/mol. The number of allylic oxidation sites excluding steroid dienone is 4. The van der Waals surface area contributed by atoms with Crippen LogP contribution in [0.1, 0.15) is 50.7 Å². The molecule has 0 spiro atoms. The molecule has 2 aromatic carbocycles. The fraction of sp³-hybridized carbons (Fsp3) is 0.433. The highest BCUT2D eigenvalue weighted by Crippen LogP contribution is 2.51. The summed E-state index contributed by atoms with van der Waals surface area (Å²) in [7, 11) is -16.3. The molecule has 270 valence electrons. The van der Waals surface area contributed by atoms with Gasteiger partial charge in [-0.25, -0.2) is 0 Å². The first-order valence-electron chi connectivity index (χ1n) is 14.9. The van der Waals surface area contributed by atoms with Crippen LogP contribution < -0.4 is 4.90 Å². The molecule has 2 aliphatic heterocycles. The van der Waals surface area contributed by atoms with E-state index in [4.69, 9.17) is 4.74 Å². The minimum absolute atomic E-state index is 0.00595. The van der Waals surface area contributed by atoms with Crippen molar-refractivity contribution in [1.82, 2.24) is 0 Å². The van der Waals surface area contributed by atoms with Crippen LogP contribution >= 0.6 is 0 Å². The Morgan fingerprint density at radius 3 is 1.84 bits per heavy atom. The zero-order valence-electron chi connectivity index (χ0n) is 26.8. The van der Waals surface area contributed by atoms with E-state index in [1.807, 2.05) is 4.90 Å². The van der Waals surface area contributed by atoms with Gasteiger partial charge in [0.05, 0.1) is 39.3 Å². The Morgan fingerprint density at radius 2 is 1.31 bits per heavy atom. The molecule has 0 saturated heterocycles. The summed E-state index contributed by atoms with van der Waals surface area (Å²) in [6, 6.07) is 7.95. The molecule has 19 heteroatoms. The molecule has 0 amide bonds. The summed E-state index contributed by atoms with van der Waals surface area (Å²) in [6.07, 6.45) is 5.22. The standard InChI is InChI=1S/C30H38N2O13S4/c1-29(13-5-17-46(33,34)35)23-19-21(48(39,40)41)9-11-25(23)31-27(29)7-4-8-28-30(2,14-6-18-47(36,37)38)24-20-22(49(42,43)44)10-12-26(24)32(28)15-16-45-3/h4,7-12,19-20H,5-6,13-18H2,1-3H3,(H,33,34,35)(H,36,37,38)(H,39,40,41)(H,42,43,44)/b7-4+,28-8+. The van der Waals surface area contributed by atoms with Crippen molar-refractivity contribution in [1.29, 1.82) is 0 Å². The van der Waals surface area contributed by atoms with Crippen molar-refractivity contribution >= 4 is 57.6 Å². The highest BCUT2D eigenvalue weighted by atomic mass is 32.2. The summed E-state index contributed by atoms with van der Waals surface area (Å²) < 4.78 is 138. The Labute approximate surface area is 286 Å². The number of benzene rings is 2. The van der Waals surface area contributed by atoms with E-state index in [-0.39, 0.29) is 42.1 Å². The molecule has 0 radical (unpaired) electrons. The van der Waals surface area contributed by atoms with Crippen molar-refractivity contribution in [2.45, 2.75) is 60.2 Å². The molecule has 0 aliphatic carbocycles. The van der Waals surface area contributed by atoms with E-state index < -0.39 is 62.8 Å². The second-order valence-electron chi connectivity index (χ2n) is 12.3. The van der Waals surface area contributed by atoms with Crippen LogP contribution in [0.15, 0.2) is 75.1 Å². The van der Waals surface area contributed by atoms with Gasteiger partial charge in [0.15, 0.2) is 0 Å². The molecule has 49 heavy (non-hydrogen) atoms. The molecule has 4 rings (SSSR count). The first-order valence-corrected chi connectivity index (χ1v) is 21.0. The quantitative estimate of drug-likeness (QED) is 0.189. The fourth-order valence-corrected chi connectivity index (χ4v) is 8.45. The number of hydrogen-bond acceptors (Lipinski definition) is 11. The van der Waals surface area contributed by atoms with E-state index in [1.54, 1.807) is 32.1 Å². The third-order valence-electron chi connectivity index (χ3n) is 8.86. The molecule has 0 fully saturated rings. The van der Waals surface area contributed by atoms with Gasteiger partial charge in [-0.2, -0.15) is 33.7 Å². The molecular formula is C30H38N2O13S4. The molecular weight excluding hydrogens is 725 g/mol. The number of fused-ring (bicyclic) bond motifs is 2. The molecule has 2 heterocycles. The summed E-state index contributed by atoms with van der Waals surface area (Å²) >= 11 is 0. The maximum Gasteiger partial charge on any atom is 0.294 e. The van der Waals surface area contributed by atoms with Gasteiger partial charge < -0.3 is 9.64 Å². The second-order valence-corrected chi connectivity index (χ2v) is 18.3. The Kier molecular flexibility index (Phi) is 11.0. The van der Waals surface area contributed by atoms with E-state index in [9.17, 15) is 51.9 Å². The van der Waals surface area contributed by atoms with Gasteiger partial charge in [0.1, 0.15) is 0 Å². The van der Waals surface area contributed by atoms with Gasteiger partial charge in [0.25, 0.3) is 40.5 Å². The van der Waals surface area contributed by atoms with Gasteiger partial charge >= 0.3 is 0 Å². The molecule has 15 nitrogen and oxygen atoms in total. The van der Waals surface area contributed by atoms with Crippen LogP contribution in [0, 0.1) is 0 Å². The highest BCUT2D eigenvalue weighted by Gasteiger charge is 2.44. The first-order chi connectivity index (χ1) is 22.5. The molecule has 2 unspecified atom stereocenters. The van der Waals surface area contributed by atoms with Crippen molar-refractivity contribution in [3.8, 4) is 0 Å². The molecule has 0 saturated carbocycles. The molecule has 0 bridgehead atoms. The second kappa shape index (κ2) is 14.0. The van der Waals surface area contributed by atoms with Crippen LogP contribution in [0.5, 0.6) is 0 Å². The number of hydrogen-bond donors (Lipinski definition) is 4. The SMILES string of the molecule is COCCN1/C(=C/C=C/C2=Nc3ccc(S(=O)(=O)O)cc3C2(C)CCCS(=O)(=O)O)C(C)(CCCS(=O)(=O)O)c2cc(S(=O)(=O)O)ccc21. The number of aliphatic imine (C=N–C) groups is 1.